The van der Waals surface area contributed by atoms with Crippen LogP contribution in [0.3, 0.4) is 0 Å². The molecule has 0 aromatic carbocycles. The van der Waals surface area contributed by atoms with Crippen molar-refractivity contribution >= 4 is 11.8 Å². The first-order chi connectivity index (χ1) is 7.49. The van der Waals surface area contributed by atoms with Gasteiger partial charge >= 0.3 is 0 Å². The molecule has 2 saturated heterocycles. The van der Waals surface area contributed by atoms with Gasteiger partial charge in [-0.25, -0.2) is 0 Å². The Labute approximate surface area is 101 Å². The van der Waals surface area contributed by atoms with Crippen LogP contribution in [0.25, 0.3) is 0 Å². The molecule has 0 N–H and O–H groups in total. The van der Waals surface area contributed by atoms with Gasteiger partial charge in [0.2, 0.25) is 11.8 Å². The van der Waals surface area contributed by atoms with Gasteiger partial charge in [-0.05, 0) is 6.92 Å². The second-order valence-corrected chi connectivity index (χ2v) is 4.50. The second-order valence-electron chi connectivity index (χ2n) is 4.50. The topological polar surface area (TPSA) is 67.7 Å². The predicted molar refractivity (Wildman–Crippen MR) is 61.7 cm³/mol. The van der Waals surface area contributed by atoms with Crippen molar-refractivity contribution in [3.63, 3.8) is 0 Å². The third kappa shape index (κ3) is 1.82. The SMILES string of the molecule is C.CN1CCN2C(=O)CN(C#N)CC2(C)C1=O. The minimum atomic E-state index is -0.877. The summed E-state index contributed by atoms with van der Waals surface area (Å²) in [5.41, 5.74) is -0.877. The van der Waals surface area contributed by atoms with Crippen LogP contribution in [0.4, 0.5) is 0 Å². The number of fused-ring (bicyclic) bond motifs is 1. The highest BCUT2D eigenvalue weighted by Crippen LogP contribution is 2.27. The van der Waals surface area contributed by atoms with Crippen molar-refractivity contribution in [3.05, 3.63) is 0 Å². The maximum atomic E-state index is 12.1. The van der Waals surface area contributed by atoms with Gasteiger partial charge in [0.1, 0.15) is 12.1 Å². The van der Waals surface area contributed by atoms with E-state index in [1.165, 1.54) is 4.90 Å². The van der Waals surface area contributed by atoms with Gasteiger partial charge in [0.05, 0.1) is 6.54 Å². The summed E-state index contributed by atoms with van der Waals surface area (Å²) in [6, 6.07) is 0. The van der Waals surface area contributed by atoms with Crippen LogP contribution in [-0.2, 0) is 9.59 Å². The number of likely N-dealkylation sites (N-methyl/N-ethyl adjacent to an activating group) is 1. The van der Waals surface area contributed by atoms with E-state index in [-0.39, 0.29) is 25.8 Å². The van der Waals surface area contributed by atoms with Crippen LogP contribution in [0.15, 0.2) is 0 Å². The standard InChI is InChI=1S/C10H14N4O2.CH4/c1-10-6-13(7-11)5-8(15)14(10)4-3-12(2)9(10)16;/h3-6H2,1-2H3;1H4. The molecular weight excluding hydrogens is 220 g/mol. The number of hydrogen-bond acceptors (Lipinski definition) is 4. The van der Waals surface area contributed by atoms with E-state index >= 15 is 0 Å². The number of piperazine rings is 2. The van der Waals surface area contributed by atoms with E-state index in [0.717, 1.165) is 0 Å². The largest absolute Gasteiger partial charge is 0.342 e. The zero-order chi connectivity index (χ0) is 11.9. The lowest BCUT2D eigenvalue weighted by molar-refractivity contribution is -0.164. The normalized spacial score (nSPS) is 28.4. The number of hydrogen-bond donors (Lipinski definition) is 0. The van der Waals surface area contributed by atoms with E-state index in [1.54, 1.807) is 23.8 Å². The quantitative estimate of drug-likeness (QED) is 0.532. The van der Waals surface area contributed by atoms with E-state index in [0.29, 0.717) is 19.6 Å². The molecule has 94 valence electrons. The maximum absolute atomic E-state index is 12.1. The van der Waals surface area contributed by atoms with Crippen molar-refractivity contribution in [2.75, 3.05) is 33.2 Å². The van der Waals surface area contributed by atoms with Crippen molar-refractivity contribution in [1.29, 1.82) is 5.26 Å². The van der Waals surface area contributed by atoms with Gasteiger partial charge in [-0.15, -0.1) is 0 Å². The smallest absolute Gasteiger partial charge is 0.249 e. The molecule has 17 heavy (non-hydrogen) atoms. The van der Waals surface area contributed by atoms with Gasteiger partial charge in [0, 0.05) is 20.1 Å². The Morgan fingerprint density at radius 3 is 2.59 bits per heavy atom. The van der Waals surface area contributed by atoms with Crippen molar-refractivity contribution in [3.8, 4) is 6.19 Å². The lowest BCUT2D eigenvalue weighted by Gasteiger charge is -2.50. The molecule has 0 aliphatic carbocycles. The van der Waals surface area contributed by atoms with Crippen LogP contribution < -0.4 is 0 Å². The molecule has 1 unspecified atom stereocenters. The Balaban J connectivity index is 0.00000144. The molecule has 1 atom stereocenters. The van der Waals surface area contributed by atoms with Crippen molar-refractivity contribution in [1.82, 2.24) is 14.7 Å². The lowest BCUT2D eigenvalue weighted by atomic mass is 9.92. The molecule has 2 aliphatic heterocycles. The van der Waals surface area contributed by atoms with E-state index in [1.807, 2.05) is 6.19 Å². The fraction of sp³-hybridized carbons (Fsp3) is 0.727. The molecule has 2 rings (SSSR count). The molecule has 2 heterocycles. The van der Waals surface area contributed by atoms with Gasteiger partial charge < -0.3 is 9.80 Å². The first kappa shape index (κ1) is 13.3. The molecule has 0 aromatic heterocycles. The average Bonchev–Trinajstić information content (AvgIpc) is 2.24. The Morgan fingerprint density at radius 1 is 1.35 bits per heavy atom. The van der Waals surface area contributed by atoms with Crippen LogP contribution in [0.2, 0.25) is 0 Å². The van der Waals surface area contributed by atoms with Crippen LogP contribution in [0.5, 0.6) is 0 Å². The molecule has 6 nitrogen and oxygen atoms in total. The first-order valence-corrected chi connectivity index (χ1v) is 5.20. The Morgan fingerprint density at radius 2 is 2.00 bits per heavy atom. The van der Waals surface area contributed by atoms with E-state index in [9.17, 15) is 9.59 Å². The summed E-state index contributed by atoms with van der Waals surface area (Å²) in [5.74, 6) is -0.233. The first-order valence-electron chi connectivity index (χ1n) is 5.20. The van der Waals surface area contributed by atoms with E-state index in [2.05, 4.69) is 0 Å². The molecule has 0 aromatic rings. The van der Waals surface area contributed by atoms with E-state index < -0.39 is 5.54 Å². The monoisotopic (exact) mass is 238 g/mol. The highest BCUT2D eigenvalue weighted by molar-refractivity contribution is 5.94. The summed E-state index contributed by atoms with van der Waals surface area (Å²) in [6.45, 7) is 3.22. The molecule has 2 amide bonds. The number of amides is 2. The maximum Gasteiger partial charge on any atom is 0.249 e. The predicted octanol–water partition coefficient (Wildman–Crippen LogP) is -0.522. The minimum absolute atomic E-state index is 0. The summed E-state index contributed by atoms with van der Waals surface area (Å²) in [5, 5.41) is 8.85. The van der Waals surface area contributed by atoms with Gasteiger partial charge in [-0.2, -0.15) is 5.26 Å². The number of nitriles is 1. The van der Waals surface area contributed by atoms with Crippen LogP contribution in [-0.4, -0.2) is 65.3 Å². The summed E-state index contributed by atoms with van der Waals surface area (Å²) >= 11 is 0. The number of carbonyl (C=O) groups excluding carboxylic acids is 2. The molecular formula is C11H18N4O2. The summed E-state index contributed by atoms with van der Waals surface area (Å²) < 4.78 is 0. The highest BCUT2D eigenvalue weighted by atomic mass is 16.2. The third-order valence-corrected chi connectivity index (χ3v) is 3.33. The van der Waals surface area contributed by atoms with Gasteiger partial charge in [-0.3, -0.25) is 14.5 Å². The van der Waals surface area contributed by atoms with Crippen LogP contribution in [0, 0.1) is 11.5 Å². The molecule has 2 fully saturated rings. The molecule has 0 bridgehead atoms. The fourth-order valence-electron chi connectivity index (χ4n) is 2.42. The van der Waals surface area contributed by atoms with Gasteiger partial charge in [-0.1, -0.05) is 7.43 Å². The highest BCUT2D eigenvalue weighted by Gasteiger charge is 2.50. The number of carbonyl (C=O) groups is 2. The Hall–Kier alpha value is -1.77. The summed E-state index contributed by atoms with van der Waals surface area (Å²) in [6.07, 6.45) is 1.94. The molecule has 2 aliphatic rings. The Kier molecular flexibility index (Phi) is 3.32. The van der Waals surface area contributed by atoms with Crippen molar-refractivity contribution in [2.45, 2.75) is 19.9 Å². The third-order valence-electron chi connectivity index (χ3n) is 3.33. The average molecular weight is 238 g/mol. The van der Waals surface area contributed by atoms with Gasteiger partial charge in [0.25, 0.3) is 0 Å². The van der Waals surface area contributed by atoms with Crippen molar-refractivity contribution in [2.24, 2.45) is 0 Å². The lowest BCUT2D eigenvalue weighted by Crippen LogP contribution is -2.72. The Bertz CT molecular complexity index is 389. The molecule has 0 saturated carbocycles. The van der Waals surface area contributed by atoms with Gasteiger partial charge in [0.15, 0.2) is 6.19 Å². The van der Waals surface area contributed by atoms with E-state index in [4.69, 9.17) is 5.26 Å². The second kappa shape index (κ2) is 4.24. The van der Waals surface area contributed by atoms with Crippen LogP contribution >= 0.6 is 0 Å². The van der Waals surface area contributed by atoms with Crippen molar-refractivity contribution < 1.29 is 9.59 Å². The minimum Gasteiger partial charge on any atom is -0.342 e. The summed E-state index contributed by atoms with van der Waals surface area (Å²) in [4.78, 5) is 28.5. The summed E-state index contributed by atoms with van der Waals surface area (Å²) in [7, 11) is 1.72. The molecule has 0 spiro atoms. The zero-order valence-electron chi connectivity index (χ0n) is 9.43. The zero-order valence-corrected chi connectivity index (χ0v) is 9.43. The number of rotatable bonds is 0. The fourth-order valence-corrected chi connectivity index (χ4v) is 2.42. The number of nitrogens with zero attached hydrogens (tertiary/aromatic N) is 4. The van der Waals surface area contributed by atoms with Crippen LogP contribution in [0.1, 0.15) is 14.4 Å². The molecule has 0 radical (unpaired) electrons. The molecule has 6 heteroatoms.